The maximum absolute atomic E-state index is 12.3. The first-order valence-electron chi connectivity index (χ1n) is 7.22. The Labute approximate surface area is 137 Å². The molecule has 0 fully saturated rings. The number of pyridine rings is 1. The first-order valence-corrected chi connectivity index (χ1v) is 8.10. The topological polar surface area (TPSA) is 64.1 Å². The van der Waals surface area contributed by atoms with Crippen LogP contribution < -0.4 is 10.1 Å². The number of amides is 1. The summed E-state index contributed by atoms with van der Waals surface area (Å²) < 4.78 is 5.68. The number of nitrogens with one attached hydrogen (secondary N) is 1. The quantitative estimate of drug-likeness (QED) is 0.804. The molecule has 0 aliphatic carbocycles. The lowest BCUT2D eigenvalue weighted by Gasteiger charge is -2.09. The Morgan fingerprint density at radius 1 is 1.17 bits per heavy atom. The van der Waals surface area contributed by atoms with Gasteiger partial charge in [0.2, 0.25) is 0 Å². The van der Waals surface area contributed by atoms with Gasteiger partial charge >= 0.3 is 0 Å². The third-order valence-corrected chi connectivity index (χ3v) is 4.36. The average Bonchev–Trinajstić information content (AvgIpc) is 3.22. The fourth-order valence-electron chi connectivity index (χ4n) is 2.48. The number of anilines is 1. The number of ether oxygens (including phenoxy) is 1. The van der Waals surface area contributed by atoms with Crippen LogP contribution in [0.1, 0.15) is 5.56 Å². The van der Waals surface area contributed by atoms with E-state index in [0.717, 1.165) is 22.7 Å². The van der Waals surface area contributed by atoms with E-state index in [1.165, 1.54) is 11.3 Å². The van der Waals surface area contributed by atoms with Crippen molar-refractivity contribution in [2.24, 2.45) is 0 Å². The maximum atomic E-state index is 12.3. The molecule has 2 aromatic heterocycles. The maximum Gasteiger partial charge on any atom is 0.267 e. The number of nitrogens with zero attached hydrogens (tertiary/aromatic N) is 2. The van der Waals surface area contributed by atoms with Crippen molar-refractivity contribution in [3.8, 4) is 17.1 Å². The molecule has 6 heteroatoms. The number of carbonyl (C=O) groups excluding carboxylic acids is 1. The van der Waals surface area contributed by atoms with Crippen LogP contribution in [0.5, 0.6) is 5.75 Å². The summed E-state index contributed by atoms with van der Waals surface area (Å²) in [5, 5.41) is 5.25. The standard InChI is InChI=1S/C17H13N3O2S/c21-16(15-9-11-5-1-2-7-14(11)22-15)20-17-19-13(10-23-17)12-6-3-4-8-18-12/h1-8,10,15H,9H2,(H,19,20,21). The molecule has 1 aliphatic heterocycles. The van der Waals surface area contributed by atoms with Crippen molar-refractivity contribution >= 4 is 22.4 Å². The van der Waals surface area contributed by atoms with Crippen molar-refractivity contribution in [1.29, 1.82) is 0 Å². The minimum absolute atomic E-state index is 0.178. The molecule has 1 N–H and O–H groups in total. The van der Waals surface area contributed by atoms with Gasteiger partial charge in [-0.2, -0.15) is 0 Å². The van der Waals surface area contributed by atoms with Gasteiger partial charge in [-0.1, -0.05) is 24.3 Å². The summed E-state index contributed by atoms with van der Waals surface area (Å²) in [7, 11) is 0. The van der Waals surface area contributed by atoms with Gasteiger partial charge in [0.05, 0.1) is 5.69 Å². The number of fused-ring (bicyclic) bond motifs is 1. The van der Waals surface area contributed by atoms with E-state index in [4.69, 9.17) is 4.74 Å². The molecule has 1 atom stereocenters. The van der Waals surface area contributed by atoms with Gasteiger partial charge < -0.3 is 4.74 Å². The Bertz CT molecular complexity index is 823. The van der Waals surface area contributed by atoms with Crippen molar-refractivity contribution in [3.63, 3.8) is 0 Å². The van der Waals surface area contributed by atoms with Crippen LogP contribution in [0.25, 0.3) is 11.4 Å². The summed E-state index contributed by atoms with van der Waals surface area (Å²) in [5.41, 5.74) is 2.59. The predicted octanol–water partition coefficient (Wildman–Crippen LogP) is 3.15. The second-order valence-corrected chi connectivity index (χ2v) is 6.02. The first-order chi connectivity index (χ1) is 11.3. The summed E-state index contributed by atoms with van der Waals surface area (Å²) in [4.78, 5) is 21.0. The summed E-state index contributed by atoms with van der Waals surface area (Å²) in [6.45, 7) is 0. The van der Waals surface area contributed by atoms with Gasteiger partial charge in [-0.25, -0.2) is 4.98 Å². The van der Waals surface area contributed by atoms with Gasteiger partial charge in [0.25, 0.3) is 5.91 Å². The van der Waals surface area contributed by atoms with E-state index in [1.54, 1.807) is 6.20 Å². The fourth-order valence-corrected chi connectivity index (χ4v) is 3.18. The Morgan fingerprint density at radius 2 is 2.04 bits per heavy atom. The number of aromatic nitrogens is 2. The normalized spacial score (nSPS) is 15.7. The van der Waals surface area contributed by atoms with Gasteiger partial charge in [-0.15, -0.1) is 11.3 Å². The molecule has 1 aliphatic rings. The zero-order valence-corrected chi connectivity index (χ0v) is 12.9. The van der Waals surface area contributed by atoms with E-state index >= 15 is 0 Å². The van der Waals surface area contributed by atoms with Crippen LogP contribution in [-0.4, -0.2) is 22.0 Å². The molecule has 5 nitrogen and oxygen atoms in total. The molecule has 4 rings (SSSR count). The van der Waals surface area contributed by atoms with Gasteiger partial charge in [-0.3, -0.25) is 15.1 Å². The molecule has 3 heterocycles. The third kappa shape index (κ3) is 2.80. The van der Waals surface area contributed by atoms with Crippen molar-refractivity contribution in [2.75, 3.05) is 5.32 Å². The van der Waals surface area contributed by atoms with E-state index in [-0.39, 0.29) is 5.91 Å². The second kappa shape index (κ2) is 5.81. The van der Waals surface area contributed by atoms with E-state index in [1.807, 2.05) is 47.8 Å². The predicted molar refractivity (Wildman–Crippen MR) is 88.5 cm³/mol. The number of rotatable bonds is 3. The number of hydrogen-bond donors (Lipinski definition) is 1. The lowest BCUT2D eigenvalue weighted by atomic mass is 10.1. The highest BCUT2D eigenvalue weighted by Gasteiger charge is 2.29. The summed E-state index contributed by atoms with van der Waals surface area (Å²) >= 11 is 1.38. The van der Waals surface area contributed by atoms with Crippen LogP contribution in [0, 0.1) is 0 Å². The summed E-state index contributed by atoms with van der Waals surface area (Å²) in [6, 6.07) is 13.4. The highest BCUT2D eigenvalue weighted by molar-refractivity contribution is 7.14. The molecule has 23 heavy (non-hydrogen) atoms. The Hall–Kier alpha value is -2.73. The van der Waals surface area contributed by atoms with Crippen LogP contribution in [0.15, 0.2) is 54.0 Å². The van der Waals surface area contributed by atoms with Crippen LogP contribution in [0.2, 0.25) is 0 Å². The Morgan fingerprint density at radius 3 is 2.87 bits per heavy atom. The summed E-state index contributed by atoms with van der Waals surface area (Å²) in [5.74, 6) is 0.601. The Kier molecular flexibility index (Phi) is 3.51. The highest BCUT2D eigenvalue weighted by atomic mass is 32.1. The van der Waals surface area contributed by atoms with Crippen molar-refractivity contribution < 1.29 is 9.53 Å². The average molecular weight is 323 g/mol. The van der Waals surface area contributed by atoms with E-state index < -0.39 is 6.10 Å². The van der Waals surface area contributed by atoms with Crippen LogP contribution >= 0.6 is 11.3 Å². The zero-order chi connectivity index (χ0) is 15.6. The smallest absolute Gasteiger partial charge is 0.267 e. The number of para-hydroxylation sites is 1. The lowest BCUT2D eigenvalue weighted by Crippen LogP contribution is -2.31. The molecule has 0 saturated carbocycles. The van der Waals surface area contributed by atoms with Crippen LogP contribution in [-0.2, 0) is 11.2 Å². The fraction of sp³-hybridized carbons (Fsp3) is 0.118. The van der Waals surface area contributed by atoms with Crippen molar-refractivity contribution in [3.05, 3.63) is 59.6 Å². The molecular weight excluding hydrogens is 310 g/mol. The molecule has 0 saturated heterocycles. The highest BCUT2D eigenvalue weighted by Crippen LogP contribution is 2.29. The molecule has 1 amide bonds. The molecule has 1 aromatic carbocycles. The molecule has 0 spiro atoms. The van der Waals surface area contributed by atoms with Gasteiger partial charge in [-0.05, 0) is 23.8 Å². The first kappa shape index (κ1) is 13.9. The van der Waals surface area contributed by atoms with Gasteiger partial charge in [0.15, 0.2) is 11.2 Å². The molecule has 0 radical (unpaired) electrons. The monoisotopic (exact) mass is 323 g/mol. The largest absolute Gasteiger partial charge is 0.480 e. The van der Waals surface area contributed by atoms with E-state index in [2.05, 4.69) is 15.3 Å². The summed E-state index contributed by atoms with van der Waals surface area (Å²) in [6.07, 6.45) is 1.80. The van der Waals surface area contributed by atoms with Crippen molar-refractivity contribution in [1.82, 2.24) is 9.97 Å². The number of benzene rings is 1. The minimum atomic E-state index is -0.505. The molecule has 1 unspecified atom stereocenters. The number of carbonyl (C=O) groups is 1. The lowest BCUT2D eigenvalue weighted by molar-refractivity contribution is -0.122. The minimum Gasteiger partial charge on any atom is -0.480 e. The van der Waals surface area contributed by atoms with Crippen molar-refractivity contribution in [2.45, 2.75) is 12.5 Å². The van der Waals surface area contributed by atoms with E-state index in [0.29, 0.717) is 11.6 Å². The van der Waals surface area contributed by atoms with Crippen LogP contribution in [0.4, 0.5) is 5.13 Å². The van der Waals surface area contributed by atoms with Gasteiger partial charge in [0, 0.05) is 18.0 Å². The zero-order valence-electron chi connectivity index (χ0n) is 12.1. The molecule has 0 bridgehead atoms. The van der Waals surface area contributed by atoms with E-state index in [9.17, 15) is 4.79 Å². The Balaban J connectivity index is 1.45. The van der Waals surface area contributed by atoms with Crippen LogP contribution in [0.3, 0.4) is 0 Å². The van der Waals surface area contributed by atoms with Gasteiger partial charge in [0.1, 0.15) is 11.4 Å². The second-order valence-electron chi connectivity index (χ2n) is 5.16. The molecule has 114 valence electrons. The SMILES string of the molecule is O=C(Nc1nc(-c2ccccn2)cs1)C1Cc2ccccc2O1. The molecular formula is C17H13N3O2S. The third-order valence-electron chi connectivity index (χ3n) is 3.60. The number of hydrogen-bond acceptors (Lipinski definition) is 5. The molecule has 3 aromatic rings. The number of thiazole rings is 1.